The van der Waals surface area contributed by atoms with Crippen LogP contribution in [-0.2, 0) is 0 Å². The average molecular weight is 640 g/mol. The van der Waals surface area contributed by atoms with Crippen LogP contribution in [0.2, 0.25) is 33.2 Å². The minimum absolute atomic E-state index is 0.562. The van der Waals surface area contributed by atoms with Crippen LogP contribution in [0.15, 0.2) is 66.9 Å². The van der Waals surface area contributed by atoms with Crippen LogP contribution in [0.1, 0.15) is 94.2 Å². The smallest absolute Gasteiger partial charge is 0.146 e. The largest absolute Gasteiger partial charge is 0.256 e. The van der Waals surface area contributed by atoms with Crippen LogP contribution in [-0.4, -0.2) is 21.1 Å². The van der Waals surface area contributed by atoms with E-state index in [1.807, 2.05) is 12.3 Å². The molecule has 238 valence electrons. The summed E-state index contributed by atoms with van der Waals surface area (Å²) >= 11 is 0. The molecule has 0 aliphatic rings. The second-order valence-electron chi connectivity index (χ2n) is 15.4. The maximum absolute atomic E-state index is 4.81. The van der Waals surface area contributed by atoms with Crippen LogP contribution in [0.25, 0.3) is 43.2 Å². The topological polar surface area (TPSA) is 12.9 Å². The van der Waals surface area contributed by atoms with E-state index >= 15 is 0 Å². The molecule has 0 aliphatic carbocycles. The average Bonchev–Trinajstić information content (AvgIpc) is 2.99. The monoisotopic (exact) mass is 639 g/mol. The minimum Gasteiger partial charge on any atom is -0.256 e. The first kappa shape index (κ1) is 34.0. The lowest BCUT2D eigenvalue weighted by molar-refractivity contribution is 0.838. The minimum atomic E-state index is -1.98. The van der Waals surface area contributed by atoms with Crippen LogP contribution >= 0.6 is 0 Å². The SMILES string of the molecule is CC(C)[Si](C#Cc1c2cc3ccccc3cc2c(C#C[Si](C(C)C)(C(C)C)C(C)C)c2cc3ncccc3cc12)(C(C)C)C(C)C. The molecule has 1 heterocycles. The standard InChI is InChI=1S/C43H53NSi2/c1-28(2)45(29(3)4,30(5)6)22-19-37-39-24-34-16-13-14-17-35(34)25-40(39)38(20-23-46(31(7)8,32(9)10)33(11)12)42-27-43-36(26-41(37)42)18-15-21-44-43/h13-18,21,24-33H,1-12H3. The third-order valence-corrected chi connectivity index (χ3v) is 23.8. The summed E-state index contributed by atoms with van der Waals surface area (Å²) < 4.78 is 0. The normalized spacial score (nSPS) is 12.7. The number of hydrogen-bond donors (Lipinski definition) is 0. The Morgan fingerprint density at radius 1 is 0.457 bits per heavy atom. The molecule has 5 rings (SSSR count). The third kappa shape index (κ3) is 5.61. The maximum atomic E-state index is 4.81. The fourth-order valence-electron chi connectivity index (χ4n) is 8.96. The van der Waals surface area contributed by atoms with Gasteiger partial charge >= 0.3 is 0 Å². The highest BCUT2D eigenvalue weighted by molar-refractivity contribution is 6.91. The van der Waals surface area contributed by atoms with E-state index in [4.69, 9.17) is 4.98 Å². The number of hydrogen-bond acceptors (Lipinski definition) is 1. The van der Waals surface area contributed by atoms with Crippen molar-refractivity contribution in [2.24, 2.45) is 0 Å². The third-order valence-electron chi connectivity index (χ3n) is 11.2. The summed E-state index contributed by atoms with van der Waals surface area (Å²) in [6, 6.07) is 22.3. The molecule has 0 atom stereocenters. The maximum Gasteiger partial charge on any atom is 0.146 e. The van der Waals surface area contributed by atoms with Crippen LogP contribution in [0.3, 0.4) is 0 Å². The van der Waals surface area contributed by atoms with Crippen LogP contribution < -0.4 is 0 Å². The van der Waals surface area contributed by atoms with Gasteiger partial charge in [-0.2, -0.15) is 0 Å². The molecular weight excluding hydrogens is 587 g/mol. The molecule has 0 aliphatic heterocycles. The van der Waals surface area contributed by atoms with Gasteiger partial charge in [0.25, 0.3) is 0 Å². The van der Waals surface area contributed by atoms with E-state index < -0.39 is 16.1 Å². The first-order valence-corrected chi connectivity index (χ1v) is 21.9. The summed E-state index contributed by atoms with van der Waals surface area (Å²) in [5.74, 6) is 7.89. The molecule has 46 heavy (non-hydrogen) atoms. The van der Waals surface area contributed by atoms with Crippen molar-refractivity contribution in [1.29, 1.82) is 0 Å². The van der Waals surface area contributed by atoms with Crippen molar-refractivity contribution in [3.63, 3.8) is 0 Å². The Labute approximate surface area is 280 Å². The fraction of sp³-hybridized carbons (Fsp3) is 0.419. The lowest BCUT2D eigenvalue weighted by Gasteiger charge is -2.38. The van der Waals surface area contributed by atoms with Crippen LogP contribution in [0.4, 0.5) is 0 Å². The van der Waals surface area contributed by atoms with Crippen LogP contribution in [0, 0.1) is 22.9 Å². The molecular formula is C43H53NSi2. The lowest BCUT2D eigenvalue weighted by Crippen LogP contribution is -2.43. The Kier molecular flexibility index (Phi) is 9.62. The summed E-state index contributed by atoms with van der Waals surface area (Å²) in [7, 11) is -3.96. The van der Waals surface area contributed by atoms with E-state index in [0.29, 0.717) is 33.2 Å². The summed E-state index contributed by atoms with van der Waals surface area (Å²) in [6.45, 7) is 28.8. The van der Waals surface area contributed by atoms with Gasteiger partial charge in [-0.15, -0.1) is 11.1 Å². The molecule has 5 aromatic rings. The highest BCUT2D eigenvalue weighted by atomic mass is 28.3. The highest BCUT2D eigenvalue weighted by Crippen LogP contribution is 2.43. The predicted octanol–water partition coefficient (Wildman–Crippen LogP) is 12.8. The molecule has 0 fully saturated rings. The number of nitrogens with zero attached hydrogens (tertiary/aromatic N) is 1. The Morgan fingerprint density at radius 3 is 1.20 bits per heavy atom. The lowest BCUT2D eigenvalue weighted by atomic mass is 9.89. The van der Waals surface area contributed by atoms with Crippen molar-refractivity contribution >= 4 is 59.4 Å². The van der Waals surface area contributed by atoms with Crippen molar-refractivity contribution in [3.05, 3.63) is 78.0 Å². The summed E-state index contributed by atoms with van der Waals surface area (Å²) in [5, 5.41) is 8.44. The molecule has 0 amide bonds. The van der Waals surface area contributed by atoms with Gasteiger partial charge in [-0.25, -0.2) is 0 Å². The van der Waals surface area contributed by atoms with E-state index in [-0.39, 0.29) is 0 Å². The van der Waals surface area contributed by atoms with Gasteiger partial charge in [0.15, 0.2) is 0 Å². The first-order chi connectivity index (χ1) is 21.7. The molecule has 1 aromatic heterocycles. The zero-order chi connectivity index (χ0) is 33.6. The van der Waals surface area contributed by atoms with Crippen molar-refractivity contribution in [1.82, 2.24) is 4.98 Å². The van der Waals surface area contributed by atoms with Crippen molar-refractivity contribution in [2.45, 2.75) is 116 Å². The predicted molar refractivity (Wildman–Crippen MR) is 210 cm³/mol. The van der Waals surface area contributed by atoms with E-state index in [0.717, 1.165) is 22.0 Å². The molecule has 0 saturated heterocycles. The van der Waals surface area contributed by atoms with Gasteiger partial charge in [-0.3, -0.25) is 4.98 Å². The van der Waals surface area contributed by atoms with Crippen LogP contribution in [0.5, 0.6) is 0 Å². The fourth-order valence-corrected chi connectivity index (χ4v) is 19.4. The summed E-state index contributed by atoms with van der Waals surface area (Å²) in [5.41, 5.74) is 14.8. The molecule has 0 radical (unpaired) electrons. The molecule has 0 bridgehead atoms. The molecule has 0 unspecified atom stereocenters. The number of rotatable bonds is 6. The summed E-state index contributed by atoms with van der Waals surface area (Å²) in [4.78, 5) is 4.81. The van der Waals surface area contributed by atoms with Crippen molar-refractivity contribution in [2.75, 3.05) is 0 Å². The van der Waals surface area contributed by atoms with Gasteiger partial charge in [-0.1, -0.05) is 125 Å². The molecule has 0 saturated carbocycles. The molecule has 0 spiro atoms. The van der Waals surface area contributed by atoms with E-state index in [1.54, 1.807) is 0 Å². The van der Waals surface area contributed by atoms with Crippen molar-refractivity contribution < 1.29 is 0 Å². The van der Waals surface area contributed by atoms with Crippen molar-refractivity contribution in [3.8, 4) is 22.9 Å². The molecule has 1 nitrogen and oxygen atoms in total. The van der Waals surface area contributed by atoms with Gasteiger partial charge < -0.3 is 0 Å². The van der Waals surface area contributed by atoms with Gasteiger partial charge in [0, 0.05) is 28.1 Å². The summed E-state index contributed by atoms with van der Waals surface area (Å²) in [6.07, 6.45) is 1.90. The highest BCUT2D eigenvalue weighted by Gasteiger charge is 2.42. The number of fused-ring (bicyclic) bond motifs is 4. The van der Waals surface area contributed by atoms with Gasteiger partial charge in [0.05, 0.1) is 5.52 Å². The Bertz CT molecular complexity index is 1750. The first-order valence-electron chi connectivity index (χ1n) is 17.5. The number of aromatic nitrogens is 1. The molecule has 4 aromatic carbocycles. The zero-order valence-electron chi connectivity index (χ0n) is 30.3. The number of pyridine rings is 1. The number of benzene rings is 4. The van der Waals surface area contributed by atoms with E-state index in [1.165, 1.54) is 32.3 Å². The quantitative estimate of drug-likeness (QED) is 0.102. The molecule has 3 heteroatoms. The second kappa shape index (κ2) is 13.0. The Hall–Kier alpha value is -3.38. The van der Waals surface area contributed by atoms with Gasteiger partial charge in [-0.05, 0) is 90.5 Å². The Balaban J connectivity index is 2.02. The van der Waals surface area contributed by atoms with Gasteiger partial charge in [0.1, 0.15) is 16.1 Å². The van der Waals surface area contributed by atoms with E-state index in [2.05, 4.69) is 161 Å². The molecule has 0 N–H and O–H groups in total. The Morgan fingerprint density at radius 2 is 0.804 bits per heavy atom. The van der Waals surface area contributed by atoms with E-state index in [9.17, 15) is 0 Å². The van der Waals surface area contributed by atoms with Gasteiger partial charge in [0.2, 0.25) is 0 Å². The zero-order valence-corrected chi connectivity index (χ0v) is 32.3. The second-order valence-corrected chi connectivity index (χ2v) is 26.5.